The van der Waals surface area contributed by atoms with Crippen LogP contribution in [0.2, 0.25) is 0 Å². The molecule has 0 bridgehead atoms. The molecule has 1 saturated heterocycles. The van der Waals surface area contributed by atoms with Crippen molar-refractivity contribution in [2.75, 3.05) is 31.1 Å². The lowest BCUT2D eigenvalue weighted by Gasteiger charge is -2.28. The number of benzene rings is 1. The van der Waals surface area contributed by atoms with Gasteiger partial charge >= 0.3 is 0 Å². The molecule has 4 rings (SSSR count). The van der Waals surface area contributed by atoms with Gasteiger partial charge in [0.05, 0.1) is 12.4 Å². The Balaban J connectivity index is 1.45. The van der Waals surface area contributed by atoms with Crippen LogP contribution in [0.3, 0.4) is 0 Å². The van der Waals surface area contributed by atoms with E-state index < -0.39 is 0 Å². The van der Waals surface area contributed by atoms with Crippen LogP contribution in [0.4, 0.5) is 5.82 Å². The Labute approximate surface area is 130 Å². The molecule has 114 valence electrons. The summed E-state index contributed by atoms with van der Waals surface area (Å²) < 4.78 is 6.07. The molecule has 22 heavy (non-hydrogen) atoms. The number of nitrogens with zero attached hydrogens (tertiary/aromatic N) is 3. The fraction of sp³-hybridized carbons (Fsp3) is 0.412. The van der Waals surface area contributed by atoms with Crippen molar-refractivity contribution in [3.05, 3.63) is 47.8 Å². The zero-order chi connectivity index (χ0) is 14.8. The van der Waals surface area contributed by atoms with Gasteiger partial charge in [0.2, 0.25) is 5.88 Å². The third-order valence-electron chi connectivity index (χ3n) is 4.34. The van der Waals surface area contributed by atoms with E-state index in [1.807, 2.05) is 6.20 Å². The minimum Gasteiger partial charge on any atom is -0.473 e. The van der Waals surface area contributed by atoms with Gasteiger partial charge in [0.15, 0.2) is 5.82 Å². The highest BCUT2D eigenvalue weighted by atomic mass is 16.5. The van der Waals surface area contributed by atoms with E-state index in [1.165, 1.54) is 11.1 Å². The van der Waals surface area contributed by atoms with Gasteiger partial charge in [-0.15, -0.1) is 0 Å². The van der Waals surface area contributed by atoms with Crippen molar-refractivity contribution in [3.8, 4) is 5.88 Å². The molecule has 1 aliphatic carbocycles. The minimum absolute atomic E-state index is 0.171. The molecule has 0 unspecified atom stereocenters. The molecule has 1 aliphatic heterocycles. The van der Waals surface area contributed by atoms with Crippen LogP contribution in [-0.4, -0.2) is 42.3 Å². The van der Waals surface area contributed by atoms with E-state index in [2.05, 4.69) is 44.5 Å². The monoisotopic (exact) mass is 296 g/mol. The smallest absolute Gasteiger partial charge is 0.234 e. The molecule has 2 aliphatic rings. The predicted molar refractivity (Wildman–Crippen MR) is 85.4 cm³/mol. The highest BCUT2D eigenvalue weighted by Gasteiger charge is 2.23. The quantitative estimate of drug-likeness (QED) is 0.928. The van der Waals surface area contributed by atoms with Crippen molar-refractivity contribution in [3.63, 3.8) is 0 Å². The summed E-state index contributed by atoms with van der Waals surface area (Å²) in [4.78, 5) is 11.2. The van der Waals surface area contributed by atoms with Gasteiger partial charge in [-0.25, -0.2) is 0 Å². The molecule has 1 N–H and O–H groups in total. The van der Waals surface area contributed by atoms with Crippen LogP contribution in [-0.2, 0) is 12.8 Å². The molecule has 1 aromatic heterocycles. The van der Waals surface area contributed by atoms with Crippen LogP contribution >= 0.6 is 0 Å². The van der Waals surface area contributed by atoms with Gasteiger partial charge in [-0.3, -0.25) is 4.98 Å². The number of piperazine rings is 1. The number of fused-ring (bicyclic) bond motifs is 1. The second-order valence-corrected chi connectivity index (χ2v) is 5.87. The maximum atomic E-state index is 6.07. The Morgan fingerprint density at radius 2 is 1.77 bits per heavy atom. The number of aromatic nitrogens is 2. The van der Waals surface area contributed by atoms with E-state index in [0.29, 0.717) is 5.88 Å². The number of rotatable bonds is 3. The SMILES string of the molecule is c1ccc2c(c1)CC(Oc1cncc(N3CCNCC3)n1)C2. The zero-order valence-electron chi connectivity index (χ0n) is 12.5. The van der Waals surface area contributed by atoms with Crippen LogP contribution in [0.15, 0.2) is 36.7 Å². The fourth-order valence-electron chi connectivity index (χ4n) is 3.21. The second kappa shape index (κ2) is 5.93. The summed E-state index contributed by atoms with van der Waals surface area (Å²) in [6.07, 6.45) is 5.62. The third-order valence-corrected chi connectivity index (χ3v) is 4.34. The Kier molecular flexibility index (Phi) is 3.64. The number of ether oxygens (including phenoxy) is 1. The lowest BCUT2D eigenvalue weighted by atomic mass is 10.1. The zero-order valence-corrected chi connectivity index (χ0v) is 12.5. The summed E-state index contributed by atoms with van der Waals surface area (Å²) >= 11 is 0. The maximum Gasteiger partial charge on any atom is 0.234 e. The summed E-state index contributed by atoms with van der Waals surface area (Å²) in [5, 5.41) is 3.35. The average molecular weight is 296 g/mol. The van der Waals surface area contributed by atoms with Crippen molar-refractivity contribution in [2.24, 2.45) is 0 Å². The molecular formula is C17H20N4O. The van der Waals surface area contributed by atoms with Gasteiger partial charge in [0.25, 0.3) is 0 Å². The van der Waals surface area contributed by atoms with E-state index in [1.54, 1.807) is 6.20 Å². The predicted octanol–water partition coefficient (Wildman–Crippen LogP) is 1.43. The molecule has 0 amide bonds. The van der Waals surface area contributed by atoms with E-state index in [9.17, 15) is 0 Å². The summed E-state index contributed by atoms with van der Waals surface area (Å²) in [5.74, 6) is 1.54. The fourth-order valence-corrected chi connectivity index (χ4v) is 3.21. The molecule has 1 fully saturated rings. The van der Waals surface area contributed by atoms with Crippen LogP contribution < -0.4 is 15.0 Å². The van der Waals surface area contributed by atoms with Crippen molar-refractivity contribution in [1.82, 2.24) is 15.3 Å². The average Bonchev–Trinajstić information content (AvgIpc) is 2.98. The van der Waals surface area contributed by atoms with Gasteiger partial charge < -0.3 is 15.0 Å². The normalized spacial score (nSPS) is 18.3. The van der Waals surface area contributed by atoms with Crippen LogP contribution in [0.5, 0.6) is 5.88 Å². The van der Waals surface area contributed by atoms with Crippen molar-refractivity contribution < 1.29 is 4.74 Å². The van der Waals surface area contributed by atoms with E-state index in [-0.39, 0.29) is 6.10 Å². The Bertz CT molecular complexity index is 630. The standard InChI is InChI=1S/C17H20N4O/c1-2-4-14-10-15(9-13(14)3-1)22-17-12-19-11-16(20-17)21-7-5-18-6-8-21/h1-4,11-12,15,18H,5-10H2. The molecule has 0 atom stereocenters. The second-order valence-electron chi connectivity index (χ2n) is 5.87. The topological polar surface area (TPSA) is 50.3 Å². The largest absolute Gasteiger partial charge is 0.473 e. The first-order chi connectivity index (χ1) is 10.9. The van der Waals surface area contributed by atoms with Crippen LogP contribution in [0.25, 0.3) is 0 Å². The first-order valence-corrected chi connectivity index (χ1v) is 7.89. The lowest BCUT2D eigenvalue weighted by molar-refractivity contribution is 0.204. The van der Waals surface area contributed by atoms with Gasteiger partial charge in [-0.1, -0.05) is 24.3 Å². The summed E-state index contributed by atoms with van der Waals surface area (Å²) in [5.41, 5.74) is 2.78. The molecule has 5 heteroatoms. The summed E-state index contributed by atoms with van der Waals surface area (Å²) in [6, 6.07) is 8.54. The van der Waals surface area contributed by atoms with Crippen LogP contribution in [0.1, 0.15) is 11.1 Å². The highest BCUT2D eigenvalue weighted by Crippen LogP contribution is 2.25. The number of anilines is 1. The van der Waals surface area contributed by atoms with E-state index >= 15 is 0 Å². The van der Waals surface area contributed by atoms with E-state index in [0.717, 1.165) is 44.8 Å². The maximum absolute atomic E-state index is 6.07. The summed E-state index contributed by atoms with van der Waals surface area (Å²) in [7, 11) is 0. The molecule has 5 nitrogen and oxygen atoms in total. The number of hydrogen-bond donors (Lipinski definition) is 1. The van der Waals surface area contributed by atoms with Crippen molar-refractivity contribution in [1.29, 1.82) is 0 Å². The molecular weight excluding hydrogens is 276 g/mol. The molecule has 2 heterocycles. The van der Waals surface area contributed by atoms with Gasteiger partial charge in [0.1, 0.15) is 6.10 Å². The molecule has 0 saturated carbocycles. The molecule has 0 radical (unpaired) electrons. The van der Waals surface area contributed by atoms with Crippen molar-refractivity contribution >= 4 is 5.82 Å². The summed E-state index contributed by atoms with van der Waals surface area (Å²) in [6.45, 7) is 3.91. The van der Waals surface area contributed by atoms with Crippen LogP contribution in [0, 0.1) is 0 Å². The Morgan fingerprint density at radius 1 is 1.05 bits per heavy atom. The first-order valence-electron chi connectivity index (χ1n) is 7.89. The Morgan fingerprint density at radius 3 is 2.50 bits per heavy atom. The Hall–Kier alpha value is -2.14. The molecule has 0 spiro atoms. The van der Waals surface area contributed by atoms with E-state index in [4.69, 9.17) is 4.74 Å². The molecule has 2 aromatic rings. The highest BCUT2D eigenvalue weighted by molar-refractivity contribution is 5.38. The number of nitrogens with one attached hydrogen (secondary N) is 1. The van der Waals surface area contributed by atoms with Gasteiger partial charge in [0, 0.05) is 39.0 Å². The van der Waals surface area contributed by atoms with Gasteiger partial charge in [-0.2, -0.15) is 4.98 Å². The first kappa shape index (κ1) is 13.5. The number of hydrogen-bond acceptors (Lipinski definition) is 5. The lowest BCUT2D eigenvalue weighted by Crippen LogP contribution is -2.44. The minimum atomic E-state index is 0.171. The molecule has 1 aromatic carbocycles. The third kappa shape index (κ3) is 2.76. The van der Waals surface area contributed by atoms with Crippen molar-refractivity contribution in [2.45, 2.75) is 18.9 Å². The van der Waals surface area contributed by atoms with Gasteiger partial charge in [-0.05, 0) is 11.1 Å².